The van der Waals surface area contributed by atoms with Crippen LogP contribution in [0.4, 0.5) is 6.01 Å². The fourth-order valence-electron chi connectivity index (χ4n) is 3.88. The number of hydrogen-bond acceptors (Lipinski definition) is 5. The van der Waals surface area contributed by atoms with Crippen LogP contribution in [0.2, 0.25) is 0 Å². The molecule has 1 aliphatic rings. The van der Waals surface area contributed by atoms with Crippen molar-refractivity contribution < 1.29 is 13.9 Å². The van der Waals surface area contributed by atoms with E-state index in [2.05, 4.69) is 22.1 Å². The first-order valence-electron chi connectivity index (χ1n) is 10.2. The van der Waals surface area contributed by atoms with E-state index in [4.69, 9.17) is 9.15 Å². The van der Waals surface area contributed by atoms with E-state index in [0.717, 1.165) is 54.8 Å². The van der Waals surface area contributed by atoms with Gasteiger partial charge in [0, 0.05) is 19.0 Å². The van der Waals surface area contributed by atoms with Crippen molar-refractivity contribution in [2.45, 2.75) is 32.2 Å². The number of carbonyl (C=O) groups is 1. The number of ether oxygens (including phenoxy) is 1. The molecule has 152 valence electrons. The Morgan fingerprint density at radius 2 is 1.93 bits per heavy atom. The minimum atomic E-state index is 0.0166. The van der Waals surface area contributed by atoms with Gasteiger partial charge in [0.2, 0.25) is 5.91 Å². The summed E-state index contributed by atoms with van der Waals surface area (Å²) >= 11 is 0. The van der Waals surface area contributed by atoms with Crippen LogP contribution in [-0.4, -0.2) is 31.1 Å². The van der Waals surface area contributed by atoms with Crippen LogP contribution in [0.15, 0.2) is 52.9 Å². The molecule has 29 heavy (non-hydrogen) atoms. The van der Waals surface area contributed by atoms with Crippen molar-refractivity contribution in [3.05, 3.63) is 54.1 Å². The summed E-state index contributed by atoms with van der Waals surface area (Å²) in [6, 6.07) is 16.3. The first-order valence-corrected chi connectivity index (χ1v) is 10.2. The summed E-state index contributed by atoms with van der Waals surface area (Å²) in [4.78, 5) is 19.6. The van der Waals surface area contributed by atoms with Gasteiger partial charge in [-0.25, -0.2) is 0 Å². The van der Waals surface area contributed by atoms with Crippen LogP contribution >= 0.6 is 0 Å². The molecule has 1 saturated heterocycles. The van der Waals surface area contributed by atoms with Crippen molar-refractivity contribution in [1.29, 1.82) is 0 Å². The number of oxazole rings is 1. The highest BCUT2D eigenvalue weighted by Gasteiger charge is 2.28. The highest BCUT2D eigenvalue weighted by atomic mass is 16.5. The second-order valence-corrected chi connectivity index (χ2v) is 7.47. The molecule has 2 aromatic carbocycles. The Balaban J connectivity index is 1.35. The Kier molecular flexibility index (Phi) is 5.69. The van der Waals surface area contributed by atoms with E-state index < -0.39 is 0 Å². The molecule has 2 heterocycles. The molecule has 4 rings (SSSR count). The minimum absolute atomic E-state index is 0.0166. The van der Waals surface area contributed by atoms with E-state index in [1.165, 1.54) is 0 Å². The topological polar surface area (TPSA) is 67.6 Å². The number of piperidine rings is 1. The number of nitrogens with zero attached hydrogens (tertiary/aromatic N) is 2. The quantitative estimate of drug-likeness (QED) is 0.675. The van der Waals surface area contributed by atoms with Crippen LogP contribution in [0, 0.1) is 5.92 Å². The fraction of sp³-hybridized carbons (Fsp3) is 0.391. The van der Waals surface area contributed by atoms with E-state index in [1.807, 2.05) is 48.5 Å². The molecule has 0 bridgehead atoms. The second kappa shape index (κ2) is 8.55. The van der Waals surface area contributed by atoms with Crippen molar-refractivity contribution in [3.63, 3.8) is 0 Å². The summed E-state index contributed by atoms with van der Waals surface area (Å²) in [7, 11) is 1.65. The van der Waals surface area contributed by atoms with E-state index in [-0.39, 0.29) is 17.9 Å². The predicted molar refractivity (Wildman–Crippen MR) is 113 cm³/mol. The molecule has 3 aromatic rings. The van der Waals surface area contributed by atoms with Gasteiger partial charge in [-0.05, 0) is 49.1 Å². The van der Waals surface area contributed by atoms with Crippen LogP contribution in [0.5, 0.6) is 5.75 Å². The summed E-state index contributed by atoms with van der Waals surface area (Å²) in [6.07, 6.45) is 2.44. The number of rotatable bonds is 6. The molecule has 1 aliphatic heterocycles. The van der Waals surface area contributed by atoms with Gasteiger partial charge in [-0.3, -0.25) is 4.79 Å². The molecular formula is C23H27N3O3. The number of para-hydroxylation sites is 2. The Morgan fingerprint density at radius 1 is 1.21 bits per heavy atom. The summed E-state index contributed by atoms with van der Waals surface area (Å²) < 4.78 is 11.1. The molecule has 6 heteroatoms. The first-order chi connectivity index (χ1) is 14.2. The van der Waals surface area contributed by atoms with Crippen molar-refractivity contribution in [1.82, 2.24) is 10.3 Å². The number of anilines is 1. The lowest BCUT2D eigenvalue weighted by Crippen LogP contribution is -2.41. The zero-order chi connectivity index (χ0) is 20.2. The SMILES string of the molecule is CCC(NC(=O)C1CCN(c2nc3ccccc3o2)CC1)c1ccc(OC)cc1. The zero-order valence-corrected chi connectivity index (χ0v) is 16.9. The largest absolute Gasteiger partial charge is 0.497 e. The zero-order valence-electron chi connectivity index (χ0n) is 16.9. The van der Waals surface area contributed by atoms with Crippen LogP contribution in [-0.2, 0) is 4.79 Å². The molecule has 0 radical (unpaired) electrons. The van der Waals surface area contributed by atoms with Gasteiger partial charge in [0.1, 0.15) is 11.3 Å². The van der Waals surface area contributed by atoms with E-state index in [9.17, 15) is 4.79 Å². The summed E-state index contributed by atoms with van der Waals surface area (Å²) in [5, 5.41) is 3.23. The van der Waals surface area contributed by atoms with Crippen LogP contribution < -0.4 is 15.0 Å². The van der Waals surface area contributed by atoms with Crippen molar-refractivity contribution >= 4 is 23.0 Å². The Morgan fingerprint density at radius 3 is 2.59 bits per heavy atom. The number of nitrogens with one attached hydrogen (secondary N) is 1. The maximum absolute atomic E-state index is 12.9. The van der Waals surface area contributed by atoms with Gasteiger partial charge in [-0.2, -0.15) is 4.98 Å². The number of aromatic nitrogens is 1. The van der Waals surface area contributed by atoms with Crippen molar-refractivity contribution in [2.24, 2.45) is 5.92 Å². The molecular weight excluding hydrogens is 366 g/mol. The second-order valence-electron chi connectivity index (χ2n) is 7.47. The lowest BCUT2D eigenvalue weighted by atomic mass is 9.95. The maximum atomic E-state index is 12.9. The number of carbonyl (C=O) groups excluding carboxylic acids is 1. The highest BCUT2D eigenvalue weighted by molar-refractivity contribution is 5.79. The minimum Gasteiger partial charge on any atom is -0.497 e. The third kappa shape index (κ3) is 4.21. The average Bonchev–Trinajstić information content (AvgIpc) is 3.22. The number of hydrogen-bond donors (Lipinski definition) is 1. The lowest BCUT2D eigenvalue weighted by Gasteiger charge is -2.31. The van der Waals surface area contributed by atoms with Crippen LogP contribution in [0.25, 0.3) is 11.1 Å². The molecule has 1 N–H and O–H groups in total. The molecule has 0 aliphatic carbocycles. The standard InChI is InChI=1S/C23H27N3O3/c1-3-19(16-8-10-18(28-2)11-9-16)24-22(27)17-12-14-26(15-13-17)23-25-20-6-4-5-7-21(20)29-23/h4-11,17,19H,3,12-15H2,1-2H3,(H,24,27). The van der Waals surface area contributed by atoms with Gasteiger partial charge in [-0.15, -0.1) is 0 Å². The summed E-state index contributed by atoms with van der Waals surface area (Å²) in [5.74, 6) is 0.967. The number of methoxy groups -OCH3 is 1. The van der Waals surface area contributed by atoms with E-state index in [1.54, 1.807) is 7.11 Å². The van der Waals surface area contributed by atoms with Gasteiger partial charge in [-0.1, -0.05) is 31.2 Å². The third-order valence-electron chi connectivity index (χ3n) is 5.66. The van der Waals surface area contributed by atoms with Crippen LogP contribution in [0.3, 0.4) is 0 Å². The monoisotopic (exact) mass is 393 g/mol. The van der Waals surface area contributed by atoms with Gasteiger partial charge in [0.05, 0.1) is 13.2 Å². The van der Waals surface area contributed by atoms with E-state index >= 15 is 0 Å². The Bertz CT molecular complexity index is 926. The highest BCUT2D eigenvalue weighted by Crippen LogP contribution is 2.27. The predicted octanol–water partition coefficient (Wildman–Crippen LogP) is 4.32. The van der Waals surface area contributed by atoms with Gasteiger partial charge in [0.25, 0.3) is 6.01 Å². The molecule has 1 aromatic heterocycles. The molecule has 0 saturated carbocycles. The molecule has 1 amide bonds. The molecule has 1 unspecified atom stereocenters. The fourth-order valence-corrected chi connectivity index (χ4v) is 3.88. The molecule has 1 fully saturated rings. The maximum Gasteiger partial charge on any atom is 0.298 e. The molecule has 6 nitrogen and oxygen atoms in total. The smallest absolute Gasteiger partial charge is 0.298 e. The van der Waals surface area contributed by atoms with Crippen molar-refractivity contribution in [3.8, 4) is 5.75 Å². The third-order valence-corrected chi connectivity index (χ3v) is 5.66. The van der Waals surface area contributed by atoms with Crippen LogP contribution in [0.1, 0.15) is 37.8 Å². The Labute approximate surface area is 170 Å². The van der Waals surface area contributed by atoms with Gasteiger partial charge in [0.15, 0.2) is 5.58 Å². The molecule has 0 spiro atoms. The van der Waals surface area contributed by atoms with E-state index in [0.29, 0.717) is 6.01 Å². The number of amides is 1. The van der Waals surface area contributed by atoms with Crippen molar-refractivity contribution in [2.75, 3.05) is 25.1 Å². The van der Waals surface area contributed by atoms with Gasteiger partial charge < -0.3 is 19.4 Å². The summed E-state index contributed by atoms with van der Waals surface area (Å²) in [5.41, 5.74) is 2.77. The Hall–Kier alpha value is -3.02. The average molecular weight is 393 g/mol. The number of fused-ring (bicyclic) bond motifs is 1. The lowest BCUT2D eigenvalue weighted by molar-refractivity contribution is -0.126. The number of benzene rings is 2. The molecule has 1 atom stereocenters. The normalized spacial score (nSPS) is 16.0. The first kappa shape index (κ1) is 19.3. The summed E-state index contributed by atoms with van der Waals surface area (Å²) in [6.45, 7) is 3.62. The van der Waals surface area contributed by atoms with Gasteiger partial charge >= 0.3 is 0 Å².